The third-order valence-corrected chi connectivity index (χ3v) is 7.54. The molecule has 0 unspecified atom stereocenters. The number of nitrogens with two attached hydrogens (primary N) is 1. The van der Waals surface area contributed by atoms with Crippen LogP contribution in [0.5, 0.6) is 0 Å². The molecule has 4 aromatic rings. The number of carbonyl (C=O) groups is 3. The standard InChI is InChI=1S/C31H25F6N5O3/c1-16(43)41-14-25-27(15-41)42(40-29(25)31(35,36)37)13-22(44)10-19(7-17-8-20(32)12-21(33)9-17)28-23(3-2-6-39-28)18-4-5-26(34)24(11-18)30(38)45/h2-6,8-9,11-12,19H,7,10,13-15H2,1H3,(H2,38,45)/t19-/m1/s1. The van der Waals surface area contributed by atoms with Gasteiger partial charge in [-0.3, -0.25) is 24.0 Å². The van der Waals surface area contributed by atoms with Crippen LogP contribution in [0.3, 0.4) is 0 Å². The summed E-state index contributed by atoms with van der Waals surface area (Å²) in [6.45, 7) is 0.177. The van der Waals surface area contributed by atoms with Crippen LogP contribution < -0.4 is 5.73 Å². The van der Waals surface area contributed by atoms with E-state index >= 15 is 0 Å². The first-order valence-corrected chi connectivity index (χ1v) is 13.6. The van der Waals surface area contributed by atoms with Crippen molar-refractivity contribution in [2.45, 2.75) is 51.5 Å². The number of rotatable bonds is 9. The second-order valence-electron chi connectivity index (χ2n) is 10.7. The number of primary amides is 1. The molecule has 1 atom stereocenters. The zero-order valence-electron chi connectivity index (χ0n) is 23.7. The summed E-state index contributed by atoms with van der Waals surface area (Å²) in [5.74, 6) is -5.49. The lowest BCUT2D eigenvalue weighted by Crippen LogP contribution is -2.25. The minimum atomic E-state index is -4.82. The predicted octanol–water partition coefficient (Wildman–Crippen LogP) is 5.33. The van der Waals surface area contributed by atoms with Gasteiger partial charge in [-0.25, -0.2) is 13.2 Å². The molecule has 5 rings (SSSR count). The highest BCUT2D eigenvalue weighted by molar-refractivity contribution is 5.94. The Morgan fingerprint density at radius 1 is 1.00 bits per heavy atom. The Morgan fingerprint density at radius 2 is 1.71 bits per heavy atom. The van der Waals surface area contributed by atoms with Gasteiger partial charge < -0.3 is 10.6 Å². The Morgan fingerprint density at radius 3 is 2.36 bits per heavy atom. The van der Waals surface area contributed by atoms with Crippen LogP contribution in [0, 0.1) is 17.5 Å². The summed E-state index contributed by atoms with van der Waals surface area (Å²) < 4.78 is 84.8. The molecule has 2 amide bonds. The van der Waals surface area contributed by atoms with Gasteiger partial charge >= 0.3 is 6.18 Å². The van der Waals surface area contributed by atoms with Crippen LogP contribution in [0.15, 0.2) is 54.7 Å². The second kappa shape index (κ2) is 12.2. The van der Waals surface area contributed by atoms with Crippen molar-refractivity contribution in [3.63, 3.8) is 0 Å². The van der Waals surface area contributed by atoms with Crippen molar-refractivity contribution in [2.75, 3.05) is 0 Å². The maximum absolute atomic E-state index is 14.2. The molecular formula is C31H25F6N5O3. The van der Waals surface area contributed by atoms with Crippen LogP contribution in [0.2, 0.25) is 0 Å². The van der Waals surface area contributed by atoms with Crippen LogP contribution >= 0.6 is 0 Å². The van der Waals surface area contributed by atoms with E-state index < -0.39 is 64.9 Å². The Kier molecular flexibility index (Phi) is 8.50. The van der Waals surface area contributed by atoms with Gasteiger partial charge in [0.25, 0.3) is 5.91 Å². The first kappa shape index (κ1) is 31.4. The third kappa shape index (κ3) is 6.74. The first-order valence-electron chi connectivity index (χ1n) is 13.6. The zero-order valence-corrected chi connectivity index (χ0v) is 23.7. The van der Waals surface area contributed by atoms with Gasteiger partial charge in [0.1, 0.15) is 17.5 Å². The molecule has 3 heterocycles. The maximum atomic E-state index is 14.2. The number of hydrogen-bond donors (Lipinski definition) is 1. The van der Waals surface area contributed by atoms with Crippen molar-refractivity contribution in [3.8, 4) is 11.1 Å². The van der Waals surface area contributed by atoms with Crippen molar-refractivity contribution < 1.29 is 40.7 Å². The monoisotopic (exact) mass is 629 g/mol. The van der Waals surface area contributed by atoms with Crippen LogP contribution in [0.1, 0.15) is 57.8 Å². The summed E-state index contributed by atoms with van der Waals surface area (Å²) in [4.78, 5) is 42.8. The Balaban J connectivity index is 1.52. The second-order valence-corrected chi connectivity index (χ2v) is 10.7. The summed E-state index contributed by atoms with van der Waals surface area (Å²) in [5.41, 5.74) is 4.74. The highest BCUT2D eigenvalue weighted by atomic mass is 19.4. The highest BCUT2D eigenvalue weighted by Crippen LogP contribution is 2.37. The molecular weight excluding hydrogens is 604 g/mol. The Labute approximate surface area is 252 Å². The van der Waals surface area contributed by atoms with E-state index in [1.165, 1.54) is 30.2 Å². The van der Waals surface area contributed by atoms with E-state index in [2.05, 4.69) is 10.1 Å². The number of Topliss-reactive ketones (excluding diaryl/α,β-unsaturated/α-hetero) is 1. The van der Waals surface area contributed by atoms with E-state index in [-0.39, 0.29) is 48.4 Å². The molecule has 8 nitrogen and oxygen atoms in total. The quantitative estimate of drug-likeness (QED) is 0.252. The number of fused-ring (bicyclic) bond motifs is 1. The fourth-order valence-corrected chi connectivity index (χ4v) is 5.54. The third-order valence-electron chi connectivity index (χ3n) is 7.54. The molecule has 1 aliphatic heterocycles. The number of halogens is 6. The van der Waals surface area contributed by atoms with Crippen LogP contribution in [0.4, 0.5) is 26.3 Å². The minimum absolute atomic E-state index is 0.0819. The summed E-state index contributed by atoms with van der Waals surface area (Å²) in [6, 6.07) is 9.61. The molecule has 1 aliphatic rings. The highest BCUT2D eigenvalue weighted by Gasteiger charge is 2.42. The van der Waals surface area contributed by atoms with Crippen molar-refractivity contribution in [1.82, 2.24) is 19.7 Å². The van der Waals surface area contributed by atoms with Gasteiger partial charge in [-0.05, 0) is 47.9 Å². The molecule has 234 valence electrons. The average Bonchev–Trinajstić information content (AvgIpc) is 3.53. The van der Waals surface area contributed by atoms with E-state index in [1.54, 1.807) is 12.1 Å². The van der Waals surface area contributed by atoms with Gasteiger partial charge in [-0.15, -0.1) is 0 Å². The summed E-state index contributed by atoms with van der Waals surface area (Å²) in [6.07, 6.45) is -3.87. The molecule has 0 saturated heterocycles. The Hall–Kier alpha value is -5.01. The van der Waals surface area contributed by atoms with Gasteiger partial charge in [0, 0.05) is 42.7 Å². The lowest BCUT2D eigenvalue weighted by atomic mass is 9.86. The number of carbonyl (C=O) groups excluding carboxylic acids is 3. The summed E-state index contributed by atoms with van der Waals surface area (Å²) in [7, 11) is 0. The zero-order chi connectivity index (χ0) is 32.6. The number of pyridine rings is 1. The molecule has 14 heteroatoms. The molecule has 0 aliphatic carbocycles. The lowest BCUT2D eigenvalue weighted by molar-refractivity contribution is -0.143. The number of benzene rings is 2. The molecule has 0 fully saturated rings. The summed E-state index contributed by atoms with van der Waals surface area (Å²) >= 11 is 0. The average molecular weight is 630 g/mol. The van der Waals surface area contributed by atoms with E-state index in [1.807, 2.05) is 0 Å². The normalized spacial score (nSPS) is 13.5. The largest absolute Gasteiger partial charge is 0.435 e. The molecule has 0 bridgehead atoms. The fraction of sp³-hybridized carbons (Fsp3) is 0.258. The van der Waals surface area contributed by atoms with E-state index in [9.17, 15) is 40.7 Å². The fourth-order valence-electron chi connectivity index (χ4n) is 5.54. The Bertz CT molecular complexity index is 1800. The van der Waals surface area contributed by atoms with E-state index in [4.69, 9.17) is 5.73 Å². The SMILES string of the molecule is CC(=O)N1Cc2c(C(F)(F)F)nn(CC(=O)C[C@@H](Cc3cc(F)cc(F)c3)c3ncccc3-c3ccc(F)c(C(N)=O)c3)c2C1. The van der Waals surface area contributed by atoms with Crippen molar-refractivity contribution in [2.24, 2.45) is 5.73 Å². The molecule has 0 saturated carbocycles. The van der Waals surface area contributed by atoms with Crippen molar-refractivity contribution in [3.05, 3.63) is 106 Å². The van der Waals surface area contributed by atoms with E-state index in [0.717, 1.165) is 22.9 Å². The number of alkyl halides is 3. The topological polar surface area (TPSA) is 111 Å². The molecule has 2 aromatic heterocycles. The van der Waals surface area contributed by atoms with Gasteiger partial charge in [0.2, 0.25) is 5.91 Å². The summed E-state index contributed by atoms with van der Waals surface area (Å²) in [5, 5.41) is 3.66. The molecule has 0 radical (unpaired) electrons. The smallest absolute Gasteiger partial charge is 0.366 e. The van der Waals surface area contributed by atoms with Gasteiger partial charge in [0.05, 0.1) is 36.6 Å². The van der Waals surface area contributed by atoms with Crippen LogP contribution in [-0.2, 0) is 41.8 Å². The molecule has 2 N–H and O–H groups in total. The lowest BCUT2D eigenvalue weighted by Gasteiger charge is -2.20. The maximum Gasteiger partial charge on any atom is 0.435 e. The van der Waals surface area contributed by atoms with Gasteiger partial charge in [-0.2, -0.15) is 18.3 Å². The number of hydrogen-bond acceptors (Lipinski definition) is 5. The molecule has 45 heavy (non-hydrogen) atoms. The van der Waals surface area contributed by atoms with Crippen LogP contribution in [-0.4, -0.2) is 37.3 Å². The van der Waals surface area contributed by atoms with Gasteiger partial charge in [-0.1, -0.05) is 12.1 Å². The van der Waals surface area contributed by atoms with Crippen molar-refractivity contribution in [1.29, 1.82) is 0 Å². The van der Waals surface area contributed by atoms with Crippen LogP contribution in [0.25, 0.3) is 11.1 Å². The predicted molar refractivity (Wildman–Crippen MR) is 148 cm³/mol. The van der Waals surface area contributed by atoms with Crippen molar-refractivity contribution >= 4 is 17.6 Å². The number of ketones is 1. The first-order chi connectivity index (χ1) is 21.2. The van der Waals surface area contributed by atoms with Gasteiger partial charge in [0.15, 0.2) is 11.5 Å². The number of nitrogens with zero attached hydrogens (tertiary/aromatic N) is 4. The molecule has 0 spiro atoms. The number of amides is 2. The molecule has 2 aromatic carbocycles. The minimum Gasteiger partial charge on any atom is -0.366 e. The number of aromatic nitrogens is 3. The van der Waals surface area contributed by atoms with E-state index in [0.29, 0.717) is 17.2 Å².